The SMILES string of the molecule is CN(C)[C@H]1CCN(C(=O)c2ccc3c(c2)-c2cc(-c4ccc(Cl)c(Cl)c4)cc(C(N)=O)c2C3)C1. The van der Waals surface area contributed by atoms with Crippen molar-refractivity contribution in [3.05, 3.63) is 80.8 Å². The van der Waals surface area contributed by atoms with E-state index in [1.807, 2.05) is 55.4 Å². The summed E-state index contributed by atoms with van der Waals surface area (Å²) in [5.74, 6) is -0.439. The zero-order valence-electron chi connectivity index (χ0n) is 19.1. The van der Waals surface area contributed by atoms with Crippen LogP contribution in [0, 0.1) is 0 Å². The number of carbonyl (C=O) groups excluding carboxylic acids is 2. The Bertz CT molecular complexity index is 1340. The van der Waals surface area contributed by atoms with Crippen molar-refractivity contribution in [2.45, 2.75) is 18.9 Å². The molecule has 2 N–H and O–H groups in total. The van der Waals surface area contributed by atoms with Gasteiger partial charge in [0.05, 0.1) is 10.0 Å². The van der Waals surface area contributed by atoms with Crippen molar-refractivity contribution in [3.8, 4) is 22.3 Å². The Morgan fingerprint density at radius 1 is 0.971 bits per heavy atom. The predicted octanol–water partition coefficient (Wildman–Crippen LogP) is 5.11. The molecule has 7 heteroatoms. The number of halogens is 2. The van der Waals surface area contributed by atoms with E-state index in [1.165, 1.54) is 0 Å². The molecule has 34 heavy (non-hydrogen) atoms. The van der Waals surface area contributed by atoms with Crippen molar-refractivity contribution >= 4 is 35.0 Å². The van der Waals surface area contributed by atoms with Gasteiger partial charge in [0, 0.05) is 30.3 Å². The quantitative estimate of drug-likeness (QED) is 0.429. The number of nitrogens with zero attached hydrogens (tertiary/aromatic N) is 2. The summed E-state index contributed by atoms with van der Waals surface area (Å²) in [6.07, 6.45) is 1.58. The van der Waals surface area contributed by atoms with Crippen molar-refractivity contribution in [1.82, 2.24) is 9.80 Å². The van der Waals surface area contributed by atoms with Crippen LogP contribution in [-0.2, 0) is 6.42 Å². The van der Waals surface area contributed by atoms with Gasteiger partial charge in [0.25, 0.3) is 5.91 Å². The lowest BCUT2D eigenvalue weighted by Crippen LogP contribution is -2.34. The Balaban J connectivity index is 1.56. The minimum atomic E-state index is -0.478. The number of hydrogen-bond donors (Lipinski definition) is 1. The largest absolute Gasteiger partial charge is 0.366 e. The fourth-order valence-corrected chi connectivity index (χ4v) is 5.30. The Morgan fingerprint density at radius 3 is 2.44 bits per heavy atom. The second-order valence-corrected chi connectivity index (χ2v) is 10.1. The van der Waals surface area contributed by atoms with Gasteiger partial charge in [-0.1, -0.05) is 35.3 Å². The smallest absolute Gasteiger partial charge is 0.253 e. The van der Waals surface area contributed by atoms with E-state index in [1.54, 1.807) is 12.1 Å². The summed E-state index contributed by atoms with van der Waals surface area (Å²) < 4.78 is 0. The number of hydrogen-bond acceptors (Lipinski definition) is 3. The minimum Gasteiger partial charge on any atom is -0.366 e. The Hall–Kier alpha value is -2.86. The van der Waals surface area contributed by atoms with E-state index in [9.17, 15) is 9.59 Å². The molecule has 1 fully saturated rings. The third kappa shape index (κ3) is 3.98. The molecule has 3 aromatic rings. The lowest BCUT2D eigenvalue weighted by molar-refractivity contribution is 0.0783. The molecule has 174 valence electrons. The highest BCUT2D eigenvalue weighted by atomic mass is 35.5. The van der Waals surface area contributed by atoms with Gasteiger partial charge in [-0.25, -0.2) is 0 Å². The van der Waals surface area contributed by atoms with Gasteiger partial charge in [-0.2, -0.15) is 0 Å². The summed E-state index contributed by atoms with van der Waals surface area (Å²) in [5, 5.41) is 0.906. The third-order valence-electron chi connectivity index (χ3n) is 6.96. The Kier molecular flexibility index (Phi) is 5.88. The summed E-state index contributed by atoms with van der Waals surface area (Å²) in [6.45, 7) is 1.48. The number of nitrogens with two attached hydrogens (primary N) is 1. The molecule has 2 amide bonds. The number of fused-ring (bicyclic) bond motifs is 3. The van der Waals surface area contributed by atoms with Crippen LogP contribution in [0.1, 0.15) is 38.3 Å². The molecule has 1 saturated heterocycles. The average molecular weight is 494 g/mol. The first-order valence-electron chi connectivity index (χ1n) is 11.2. The molecule has 0 spiro atoms. The number of rotatable bonds is 4. The number of likely N-dealkylation sites (N-methyl/N-ethyl adjacent to an activating group) is 1. The maximum Gasteiger partial charge on any atom is 0.253 e. The van der Waals surface area contributed by atoms with Gasteiger partial charge in [0.2, 0.25) is 5.91 Å². The van der Waals surface area contributed by atoms with E-state index < -0.39 is 5.91 Å². The van der Waals surface area contributed by atoms with E-state index in [0.29, 0.717) is 33.6 Å². The van der Waals surface area contributed by atoms with Gasteiger partial charge < -0.3 is 15.5 Å². The van der Waals surface area contributed by atoms with E-state index in [2.05, 4.69) is 4.90 Å². The number of primary amides is 1. The fraction of sp³-hybridized carbons (Fsp3) is 0.259. The van der Waals surface area contributed by atoms with Crippen molar-refractivity contribution in [3.63, 3.8) is 0 Å². The molecule has 1 aliphatic carbocycles. The Morgan fingerprint density at radius 2 is 1.76 bits per heavy atom. The Labute approximate surface area is 209 Å². The van der Waals surface area contributed by atoms with Crippen LogP contribution in [0.4, 0.5) is 0 Å². The summed E-state index contributed by atoms with van der Waals surface area (Å²) in [5.41, 5.74) is 12.4. The zero-order chi connectivity index (χ0) is 24.1. The zero-order valence-corrected chi connectivity index (χ0v) is 20.6. The lowest BCUT2D eigenvalue weighted by atomic mass is 9.93. The third-order valence-corrected chi connectivity index (χ3v) is 7.70. The van der Waals surface area contributed by atoms with Crippen LogP contribution in [0.2, 0.25) is 10.0 Å². The first-order valence-corrected chi connectivity index (χ1v) is 12.0. The summed E-state index contributed by atoms with van der Waals surface area (Å²) in [6, 6.07) is 15.4. The van der Waals surface area contributed by atoms with Crippen LogP contribution in [0.5, 0.6) is 0 Å². The molecule has 1 atom stereocenters. The van der Waals surface area contributed by atoms with Crippen LogP contribution in [0.25, 0.3) is 22.3 Å². The predicted molar refractivity (Wildman–Crippen MR) is 137 cm³/mol. The first kappa shape index (κ1) is 22.9. The minimum absolute atomic E-state index is 0.0383. The van der Waals surface area contributed by atoms with Crippen LogP contribution in [0.15, 0.2) is 48.5 Å². The van der Waals surface area contributed by atoms with Crippen LogP contribution in [0.3, 0.4) is 0 Å². The molecule has 0 bridgehead atoms. The monoisotopic (exact) mass is 493 g/mol. The van der Waals surface area contributed by atoms with Gasteiger partial charge in [0.1, 0.15) is 0 Å². The highest BCUT2D eigenvalue weighted by molar-refractivity contribution is 6.42. The molecular weight excluding hydrogens is 469 g/mol. The second-order valence-electron chi connectivity index (χ2n) is 9.25. The highest BCUT2D eigenvalue weighted by Gasteiger charge is 2.30. The molecule has 0 radical (unpaired) electrons. The van der Waals surface area contributed by atoms with E-state index in [4.69, 9.17) is 28.9 Å². The fourth-order valence-electron chi connectivity index (χ4n) is 5.00. The number of amides is 2. The number of benzene rings is 3. The summed E-state index contributed by atoms with van der Waals surface area (Å²) >= 11 is 12.3. The molecule has 0 aromatic heterocycles. The van der Waals surface area contributed by atoms with Gasteiger partial charge in [-0.15, -0.1) is 0 Å². The van der Waals surface area contributed by atoms with E-state index in [-0.39, 0.29) is 5.91 Å². The maximum atomic E-state index is 13.3. The number of likely N-dealkylation sites (tertiary alicyclic amines) is 1. The van der Waals surface area contributed by atoms with Gasteiger partial charge in [-0.3, -0.25) is 9.59 Å². The van der Waals surface area contributed by atoms with Crippen molar-refractivity contribution in [2.24, 2.45) is 5.73 Å². The molecule has 1 aliphatic heterocycles. The van der Waals surface area contributed by atoms with Crippen molar-refractivity contribution in [2.75, 3.05) is 27.2 Å². The standard InChI is InChI=1S/C27H25Cl2N3O2/c1-31(2)19-7-8-32(14-19)27(34)17-4-3-16-9-22-21(20(16)10-17)11-18(12-23(22)26(30)33)15-5-6-24(28)25(29)13-15/h3-6,10-13,19H,7-9,14H2,1-2H3,(H2,30,33)/t19-/m0/s1. The first-order chi connectivity index (χ1) is 16.2. The molecule has 1 heterocycles. The molecule has 5 nitrogen and oxygen atoms in total. The van der Waals surface area contributed by atoms with E-state index in [0.717, 1.165) is 52.9 Å². The van der Waals surface area contributed by atoms with Crippen molar-refractivity contribution < 1.29 is 9.59 Å². The molecule has 3 aromatic carbocycles. The maximum absolute atomic E-state index is 13.3. The molecule has 0 unspecified atom stereocenters. The van der Waals surface area contributed by atoms with Crippen LogP contribution < -0.4 is 5.73 Å². The second kappa shape index (κ2) is 8.73. The molecular formula is C27H25Cl2N3O2. The molecule has 5 rings (SSSR count). The molecule has 2 aliphatic rings. The average Bonchev–Trinajstić information content (AvgIpc) is 3.44. The van der Waals surface area contributed by atoms with Crippen LogP contribution >= 0.6 is 23.2 Å². The number of carbonyl (C=O) groups is 2. The van der Waals surface area contributed by atoms with Crippen molar-refractivity contribution in [1.29, 1.82) is 0 Å². The summed E-state index contributed by atoms with van der Waals surface area (Å²) in [7, 11) is 4.10. The topological polar surface area (TPSA) is 66.6 Å². The normalized spacial score (nSPS) is 16.6. The molecule has 0 saturated carbocycles. The summed E-state index contributed by atoms with van der Waals surface area (Å²) in [4.78, 5) is 29.7. The van der Waals surface area contributed by atoms with Gasteiger partial charge in [0.15, 0.2) is 0 Å². The van der Waals surface area contributed by atoms with Gasteiger partial charge >= 0.3 is 0 Å². The van der Waals surface area contributed by atoms with Gasteiger partial charge in [-0.05, 0) is 96.7 Å². The highest BCUT2D eigenvalue weighted by Crippen LogP contribution is 2.42. The van der Waals surface area contributed by atoms with Crippen LogP contribution in [-0.4, -0.2) is 54.8 Å². The lowest BCUT2D eigenvalue weighted by Gasteiger charge is -2.20. The van der Waals surface area contributed by atoms with E-state index >= 15 is 0 Å².